The Labute approximate surface area is 322 Å². The molecule has 3 heteroatoms. The molecule has 0 saturated heterocycles. The molecule has 0 bridgehead atoms. The fraction of sp³-hybridized carbons (Fsp3) is 0. The molecule has 256 valence electrons. The SMILES string of the molecule is c1ccc(-c2ccccc2-c2cc(-c3ccc(-c4ccc5sc6ccccc6c5c4)cc3)nc(-c3c4ccccc4cc4c3ccc3ccccc34)n2)cc1. The van der Waals surface area contributed by atoms with Gasteiger partial charge in [-0.25, -0.2) is 9.97 Å². The third-order valence-electron chi connectivity index (χ3n) is 10.9. The van der Waals surface area contributed by atoms with Crippen molar-refractivity contribution in [1.82, 2.24) is 9.97 Å². The minimum absolute atomic E-state index is 0.714. The number of hydrogen-bond acceptors (Lipinski definition) is 3. The van der Waals surface area contributed by atoms with Crippen LogP contribution in [0.4, 0.5) is 0 Å². The summed E-state index contributed by atoms with van der Waals surface area (Å²) in [5.74, 6) is 0.714. The number of benzene rings is 9. The van der Waals surface area contributed by atoms with Gasteiger partial charge in [0.15, 0.2) is 5.82 Å². The van der Waals surface area contributed by atoms with E-state index in [1.54, 1.807) is 0 Å². The van der Waals surface area contributed by atoms with Gasteiger partial charge in [-0.15, -0.1) is 11.3 Å². The summed E-state index contributed by atoms with van der Waals surface area (Å²) in [5.41, 5.74) is 9.61. The third kappa shape index (κ3) is 5.40. The lowest BCUT2D eigenvalue weighted by molar-refractivity contribution is 1.19. The second kappa shape index (κ2) is 12.9. The van der Waals surface area contributed by atoms with Crippen LogP contribution in [-0.2, 0) is 0 Å². The van der Waals surface area contributed by atoms with Crippen LogP contribution in [0.25, 0.3) is 109 Å². The van der Waals surface area contributed by atoms with Gasteiger partial charge in [0.05, 0.1) is 11.4 Å². The average molecular weight is 717 g/mol. The molecule has 2 aromatic heterocycles. The highest BCUT2D eigenvalue weighted by Crippen LogP contribution is 2.41. The van der Waals surface area contributed by atoms with Gasteiger partial charge in [0.2, 0.25) is 0 Å². The van der Waals surface area contributed by atoms with E-state index >= 15 is 0 Å². The van der Waals surface area contributed by atoms with E-state index in [1.807, 2.05) is 11.3 Å². The topological polar surface area (TPSA) is 25.8 Å². The average Bonchev–Trinajstić information content (AvgIpc) is 3.64. The first-order valence-corrected chi connectivity index (χ1v) is 19.5. The molecule has 55 heavy (non-hydrogen) atoms. The third-order valence-corrected chi connectivity index (χ3v) is 12.1. The monoisotopic (exact) mass is 716 g/mol. The van der Waals surface area contributed by atoms with Gasteiger partial charge in [-0.3, -0.25) is 0 Å². The Hall–Kier alpha value is -6.94. The van der Waals surface area contributed by atoms with Gasteiger partial charge in [-0.05, 0) is 84.9 Å². The van der Waals surface area contributed by atoms with Crippen LogP contribution < -0.4 is 0 Å². The Bertz CT molecular complexity index is 3250. The van der Waals surface area contributed by atoms with Gasteiger partial charge in [-0.1, -0.05) is 164 Å². The Morgan fingerprint density at radius 2 is 0.945 bits per heavy atom. The molecule has 0 unspecified atom stereocenters. The number of nitrogens with zero attached hydrogens (tertiary/aromatic N) is 2. The number of thiophene rings is 1. The molecule has 0 fully saturated rings. The van der Waals surface area contributed by atoms with Gasteiger partial charge < -0.3 is 0 Å². The van der Waals surface area contributed by atoms with E-state index in [-0.39, 0.29) is 0 Å². The van der Waals surface area contributed by atoms with Crippen molar-refractivity contribution in [3.8, 4) is 56.2 Å². The predicted octanol–water partition coefficient (Wildman–Crippen LogP) is 14.6. The molecule has 0 amide bonds. The van der Waals surface area contributed by atoms with Crippen molar-refractivity contribution in [3.63, 3.8) is 0 Å². The van der Waals surface area contributed by atoms with E-state index in [9.17, 15) is 0 Å². The van der Waals surface area contributed by atoms with Crippen molar-refractivity contribution < 1.29 is 0 Å². The van der Waals surface area contributed by atoms with Crippen LogP contribution in [0.2, 0.25) is 0 Å². The summed E-state index contributed by atoms with van der Waals surface area (Å²) in [6, 6.07) is 69.7. The Kier molecular flexibility index (Phi) is 7.39. The first kappa shape index (κ1) is 31.6. The molecule has 0 aliphatic rings. The maximum atomic E-state index is 5.47. The van der Waals surface area contributed by atoms with E-state index in [1.165, 1.54) is 52.8 Å². The Morgan fingerprint density at radius 1 is 0.309 bits per heavy atom. The summed E-state index contributed by atoms with van der Waals surface area (Å²) in [7, 11) is 0. The molecule has 0 N–H and O–H groups in total. The molecular weight excluding hydrogens is 685 g/mol. The molecule has 11 rings (SSSR count). The standard InChI is InChI=1S/C52H32N2S/c1-2-12-34(13-3-1)39-16-8-9-19-42(39)48-32-47(36-24-22-33(23-25-36)37-27-29-50-46(30-37)43-20-10-11-21-49(43)55-50)53-52(54-48)51-41-18-7-5-15-38(41)31-45-40-17-6-4-14-35(40)26-28-44(45)51/h1-32H. The van der Waals surface area contributed by atoms with Gasteiger partial charge in [0, 0.05) is 36.9 Å². The van der Waals surface area contributed by atoms with Crippen molar-refractivity contribution >= 4 is 63.8 Å². The number of aromatic nitrogens is 2. The minimum Gasteiger partial charge on any atom is -0.228 e. The Morgan fingerprint density at radius 3 is 1.80 bits per heavy atom. The second-order valence-corrected chi connectivity index (χ2v) is 15.2. The number of hydrogen-bond donors (Lipinski definition) is 0. The highest BCUT2D eigenvalue weighted by Gasteiger charge is 2.19. The predicted molar refractivity (Wildman–Crippen MR) is 235 cm³/mol. The van der Waals surface area contributed by atoms with Crippen LogP contribution in [0.5, 0.6) is 0 Å². The fourth-order valence-corrected chi connectivity index (χ4v) is 9.31. The molecule has 2 nitrogen and oxygen atoms in total. The van der Waals surface area contributed by atoms with Crippen molar-refractivity contribution in [2.24, 2.45) is 0 Å². The zero-order valence-corrected chi connectivity index (χ0v) is 30.6. The molecule has 0 aliphatic heterocycles. The lowest BCUT2D eigenvalue weighted by Crippen LogP contribution is -1.98. The van der Waals surface area contributed by atoms with Crippen molar-refractivity contribution in [2.45, 2.75) is 0 Å². The van der Waals surface area contributed by atoms with Crippen molar-refractivity contribution in [3.05, 3.63) is 194 Å². The first-order chi connectivity index (χ1) is 27.2. The molecule has 2 heterocycles. The number of fused-ring (bicyclic) bond motifs is 7. The van der Waals surface area contributed by atoms with Crippen molar-refractivity contribution in [1.29, 1.82) is 0 Å². The second-order valence-electron chi connectivity index (χ2n) is 14.1. The lowest BCUT2D eigenvalue weighted by atomic mass is 9.92. The lowest BCUT2D eigenvalue weighted by Gasteiger charge is -2.16. The van der Waals surface area contributed by atoms with Crippen LogP contribution in [0, 0.1) is 0 Å². The minimum atomic E-state index is 0.714. The highest BCUT2D eigenvalue weighted by molar-refractivity contribution is 7.25. The van der Waals surface area contributed by atoms with E-state index in [0.717, 1.165) is 50.0 Å². The molecule has 0 spiro atoms. The molecular formula is C52H32N2S. The first-order valence-electron chi connectivity index (χ1n) is 18.6. The van der Waals surface area contributed by atoms with Gasteiger partial charge in [0.1, 0.15) is 0 Å². The Balaban J connectivity index is 1.13. The zero-order chi connectivity index (χ0) is 36.3. The molecule has 0 atom stereocenters. The van der Waals surface area contributed by atoms with Gasteiger partial charge >= 0.3 is 0 Å². The summed E-state index contributed by atoms with van der Waals surface area (Å²) < 4.78 is 2.63. The maximum absolute atomic E-state index is 5.47. The van der Waals surface area contributed by atoms with Crippen LogP contribution in [0.3, 0.4) is 0 Å². The summed E-state index contributed by atoms with van der Waals surface area (Å²) >= 11 is 1.85. The van der Waals surface area contributed by atoms with E-state index in [0.29, 0.717) is 5.82 Å². The van der Waals surface area contributed by atoms with Crippen LogP contribution in [0.1, 0.15) is 0 Å². The van der Waals surface area contributed by atoms with E-state index in [2.05, 4.69) is 194 Å². The molecule has 0 radical (unpaired) electrons. The smallest absolute Gasteiger partial charge is 0.161 e. The molecule has 0 saturated carbocycles. The van der Waals surface area contributed by atoms with Crippen LogP contribution in [-0.4, -0.2) is 9.97 Å². The zero-order valence-electron chi connectivity index (χ0n) is 29.8. The normalized spacial score (nSPS) is 11.6. The molecule has 9 aromatic carbocycles. The summed E-state index contributed by atoms with van der Waals surface area (Å²) in [4.78, 5) is 10.9. The van der Waals surface area contributed by atoms with Crippen LogP contribution in [0.15, 0.2) is 194 Å². The van der Waals surface area contributed by atoms with E-state index < -0.39 is 0 Å². The summed E-state index contributed by atoms with van der Waals surface area (Å²) in [6.07, 6.45) is 0. The molecule has 0 aliphatic carbocycles. The van der Waals surface area contributed by atoms with Crippen molar-refractivity contribution in [2.75, 3.05) is 0 Å². The van der Waals surface area contributed by atoms with Gasteiger partial charge in [0.25, 0.3) is 0 Å². The number of rotatable bonds is 5. The van der Waals surface area contributed by atoms with E-state index in [4.69, 9.17) is 9.97 Å². The summed E-state index contributed by atoms with van der Waals surface area (Å²) in [6.45, 7) is 0. The van der Waals surface area contributed by atoms with Crippen LogP contribution >= 0.6 is 11.3 Å². The highest BCUT2D eigenvalue weighted by atomic mass is 32.1. The van der Waals surface area contributed by atoms with Gasteiger partial charge in [-0.2, -0.15) is 0 Å². The maximum Gasteiger partial charge on any atom is 0.161 e. The largest absolute Gasteiger partial charge is 0.228 e. The quantitative estimate of drug-likeness (QED) is 0.131. The fourth-order valence-electron chi connectivity index (χ4n) is 8.22. The summed E-state index contributed by atoms with van der Waals surface area (Å²) in [5, 5.41) is 9.70. The molecule has 11 aromatic rings.